The molecule has 0 unspecified atom stereocenters. The third-order valence-electron chi connectivity index (χ3n) is 7.57. The number of nitrogens with one attached hydrogen (secondary N) is 1. The van der Waals surface area contributed by atoms with E-state index in [0.29, 0.717) is 33.8 Å². The molecule has 2 aromatic carbocycles. The van der Waals surface area contributed by atoms with Gasteiger partial charge in [0.1, 0.15) is 0 Å². The smallest absolute Gasteiger partial charge is 0.255 e. The molecule has 1 N–H and O–H groups in total. The van der Waals surface area contributed by atoms with Crippen LogP contribution < -0.4 is 10.2 Å². The molecule has 0 spiro atoms. The number of nitrogens with zero attached hydrogens (tertiary/aromatic N) is 1. The van der Waals surface area contributed by atoms with Crippen molar-refractivity contribution in [3.05, 3.63) is 69.2 Å². The highest BCUT2D eigenvalue weighted by molar-refractivity contribution is 9.10. The summed E-state index contributed by atoms with van der Waals surface area (Å²) in [5.74, 6) is 0.611. The topological polar surface area (TPSA) is 66.5 Å². The normalized spacial score (nSPS) is 31.5. The van der Waals surface area contributed by atoms with Crippen molar-refractivity contribution in [3.63, 3.8) is 0 Å². The van der Waals surface area contributed by atoms with E-state index in [0.717, 1.165) is 16.5 Å². The van der Waals surface area contributed by atoms with E-state index in [1.54, 1.807) is 30.3 Å². The molecule has 162 valence electrons. The van der Waals surface area contributed by atoms with Gasteiger partial charge in [-0.3, -0.25) is 19.3 Å². The number of carbonyl (C=O) groups excluding carboxylic acids is 3. The molecule has 32 heavy (non-hydrogen) atoms. The first kappa shape index (κ1) is 20.2. The van der Waals surface area contributed by atoms with Crippen LogP contribution in [-0.4, -0.2) is 17.7 Å². The maximum atomic E-state index is 13.2. The molecule has 1 saturated heterocycles. The number of hydrogen-bond donors (Lipinski definition) is 1. The summed E-state index contributed by atoms with van der Waals surface area (Å²) in [5, 5.41) is 3.38. The van der Waals surface area contributed by atoms with E-state index in [2.05, 4.69) is 33.4 Å². The van der Waals surface area contributed by atoms with Gasteiger partial charge in [0.05, 0.1) is 22.5 Å². The maximum Gasteiger partial charge on any atom is 0.255 e. The van der Waals surface area contributed by atoms with Gasteiger partial charge in [-0.1, -0.05) is 23.8 Å². The zero-order valence-corrected chi connectivity index (χ0v) is 19.6. The molecule has 4 aliphatic carbocycles. The minimum Gasteiger partial charge on any atom is -0.322 e. The molecule has 1 aliphatic heterocycles. The molecular formula is C25H20BrClN2O3. The van der Waals surface area contributed by atoms with Crippen LogP contribution in [0.15, 0.2) is 53.0 Å². The van der Waals surface area contributed by atoms with Gasteiger partial charge in [0.2, 0.25) is 11.8 Å². The third kappa shape index (κ3) is 2.85. The SMILES string of the molecule is Cc1cc(Br)c(Cl)cc1NC(=O)c1ccc(N2C(=O)[C@@H]3[C@H]4C=C[C@@H]([C@@H]5C[C@@H]45)[C@@H]3C2=O)cc1. The third-order valence-corrected chi connectivity index (χ3v) is 8.76. The van der Waals surface area contributed by atoms with Crippen LogP contribution in [0.1, 0.15) is 22.3 Å². The van der Waals surface area contributed by atoms with Crippen LogP contribution in [0.4, 0.5) is 11.4 Å². The Labute approximate surface area is 198 Å². The van der Waals surface area contributed by atoms with Crippen molar-refractivity contribution in [2.75, 3.05) is 10.2 Å². The molecule has 2 saturated carbocycles. The maximum absolute atomic E-state index is 13.2. The van der Waals surface area contributed by atoms with E-state index in [1.807, 2.05) is 13.0 Å². The Hall–Kier alpha value is -2.44. The van der Waals surface area contributed by atoms with Gasteiger partial charge in [0, 0.05) is 15.7 Å². The Kier molecular flexibility index (Phi) is 4.43. The number of aryl methyl sites for hydroxylation is 1. The lowest BCUT2D eigenvalue weighted by atomic mass is 9.63. The van der Waals surface area contributed by atoms with E-state index in [9.17, 15) is 14.4 Å². The molecule has 5 nitrogen and oxygen atoms in total. The van der Waals surface area contributed by atoms with Gasteiger partial charge in [0.15, 0.2) is 0 Å². The van der Waals surface area contributed by atoms with Crippen LogP contribution >= 0.6 is 27.5 Å². The lowest BCUT2D eigenvalue weighted by Crippen LogP contribution is -2.40. The molecule has 2 bridgehead atoms. The summed E-state index contributed by atoms with van der Waals surface area (Å²) >= 11 is 9.52. The van der Waals surface area contributed by atoms with E-state index in [-0.39, 0.29) is 41.4 Å². The highest BCUT2D eigenvalue weighted by Gasteiger charge is 2.67. The monoisotopic (exact) mass is 510 g/mol. The Bertz CT molecular complexity index is 1190. The second kappa shape index (κ2) is 7.03. The highest BCUT2D eigenvalue weighted by atomic mass is 79.9. The van der Waals surface area contributed by atoms with Crippen molar-refractivity contribution in [1.29, 1.82) is 0 Å². The summed E-state index contributed by atoms with van der Waals surface area (Å²) in [7, 11) is 0. The predicted molar refractivity (Wildman–Crippen MR) is 125 cm³/mol. The van der Waals surface area contributed by atoms with E-state index >= 15 is 0 Å². The molecule has 0 aromatic heterocycles. The Morgan fingerprint density at radius 1 is 1.03 bits per heavy atom. The fraction of sp³-hybridized carbons (Fsp3) is 0.320. The van der Waals surface area contributed by atoms with Gasteiger partial charge >= 0.3 is 0 Å². The quantitative estimate of drug-likeness (QED) is 0.454. The summed E-state index contributed by atoms with van der Waals surface area (Å²) in [4.78, 5) is 40.6. The van der Waals surface area contributed by atoms with Crippen LogP contribution in [0, 0.1) is 42.4 Å². The molecule has 5 aliphatic rings. The van der Waals surface area contributed by atoms with Crippen LogP contribution in [0.2, 0.25) is 5.02 Å². The Balaban J connectivity index is 1.23. The predicted octanol–water partition coefficient (Wildman–Crippen LogP) is 5.22. The average molecular weight is 512 g/mol. The number of carbonyl (C=O) groups is 3. The second-order valence-electron chi connectivity index (χ2n) is 9.25. The molecule has 1 heterocycles. The Morgan fingerprint density at radius 3 is 2.22 bits per heavy atom. The van der Waals surface area contributed by atoms with E-state index < -0.39 is 0 Å². The van der Waals surface area contributed by atoms with Crippen molar-refractivity contribution in [3.8, 4) is 0 Å². The summed E-state index contributed by atoms with van der Waals surface area (Å²) in [6, 6.07) is 10.2. The fourth-order valence-corrected chi connectivity index (χ4v) is 6.57. The lowest BCUT2D eigenvalue weighted by molar-refractivity contribution is -0.124. The van der Waals surface area contributed by atoms with Gasteiger partial charge in [-0.15, -0.1) is 0 Å². The summed E-state index contributed by atoms with van der Waals surface area (Å²) in [6.07, 6.45) is 5.47. The van der Waals surface area contributed by atoms with Gasteiger partial charge in [-0.2, -0.15) is 0 Å². The van der Waals surface area contributed by atoms with Gasteiger partial charge in [0.25, 0.3) is 5.91 Å². The van der Waals surface area contributed by atoms with Crippen molar-refractivity contribution >= 4 is 56.6 Å². The largest absolute Gasteiger partial charge is 0.322 e. The van der Waals surface area contributed by atoms with Crippen LogP contribution in [0.3, 0.4) is 0 Å². The Morgan fingerprint density at radius 2 is 1.62 bits per heavy atom. The van der Waals surface area contributed by atoms with Crippen molar-refractivity contribution in [2.45, 2.75) is 13.3 Å². The molecule has 2 aromatic rings. The highest BCUT2D eigenvalue weighted by Crippen LogP contribution is 2.65. The first-order valence-corrected chi connectivity index (χ1v) is 12.0. The van der Waals surface area contributed by atoms with Crippen molar-refractivity contribution in [1.82, 2.24) is 0 Å². The minimum absolute atomic E-state index is 0.0953. The number of halogens is 2. The van der Waals surface area contributed by atoms with E-state index in [1.165, 1.54) is 4.90 Å². The molecule has 3 fully saturated rings. The first-order chi connectivity index (χ1) is 15.3. The number of imide groups is 1. The zero-order chi connectivity index (χ0) is 22.3. The number of rotatable bonds is 3. The van der Waals surface area contributed by atoms with Crippen LogP contribution in [-0.2, 0) is 9.59 Å². The summed E-state index contributed by atoms with van der Waals surface area (Å²) in [6.45, 7) is 1.88. The zero-order valence-electron chi connectivity index (χ0n) is 17.2. The molecule has 7 rings (SSSR count). The number of allylic oxidation sites excluding steroid dienone is 2. The second-order valence-corrected chi connectivity index (χ2v) is 10.5. The summed E-state index contributed by atoms with van der Waals surface area (Å²) in [5.41, 5.74) is 2.47. The van der Waals surface area contributed by atoms with Gasteiger partial charge in [-0.05, 0) is 94.9 Å². The molecule has 7 heteroatoms. The molecular weight excluding hydrogens is 492 g/mol. The number of amides is 3. The number of benzene rings is 2. The summed E-state index contributed by atoms with van der Waals surface area (Å²) < 4.78 is 0.764. The van der Waals surface area contributed by atoms with Crippen molar-refractivity contribution in [2.24, 2.45) is 35.5 Å². The van der Waals surface area contributed by atoms with Crippen LogP contribution in [0.5, 0.6) is 0 Å². The average Bonchev–Trinajstić information content (AvgIpc) is 3.55. The number of hydrogen-bond acceptors (Lipinski definition) is 3. The minimum atomic E-state index is -0.284. The van der Waals surface area contributed by atoms with Gasteiger partial charge in [-0.25, -0.2) is 0 Å². The van der Waals surface area contributed by atoms with E-state index in [4.69, 9.17) is 11.6 Å². The standard InChI is InChI=1S/C25H20BrClN2O3/c1-11-8-18(26)19(27)10-20(11)28-23(30)12-2-4-13(5-3-12)29-24(31)21-14-6-7-15(17-9-16(14)17)22(21)25(29)32/h2-8,10,14-17,21-22H,9H2,1H3,(H,28,30)/t14-,15-,16-,17-,21-,22+/m0/s1. The fourth-order valence-electron chi connectivity index (χ4n) is 5.95. The first-order valence-electron chi connectivity index (χ1n) is 10.8. The molecule has 3 amide bonds. The van der Waals surface area contributed by atoms with Gasteiger partial charge < -0.3 is 5.32 Å². The number of anilines is 2. The molecule has 6 atom stereocenters. The molecule has 0 radical (unpaired) electrons. The van der Waals surface area contributed by atoms with Crippen LogP contribution in [0.25, 0.3) is 0 Å². The lowest BCUT2D eigenvalue weighted by Gasteiger charge is -2.37. The van der Waals surface area contributed by atoms with Crippen molar-refractivity contribution < 1.29 is 14.4 Å².